The number of hydrogen-bond donors (Lipinski definition) is 2. The van der Waals surface area contributed by atoms with E-state index in [1.54, 1.807) is 0 Å². The van der Waals surface area contributed by atoms with Gasteiger partial charge in [-0.2, -0.15) is 0 Å². The monoisotopic (exact) mass is 666 g/mol. The Balaban J connectivity index is 0. The van der Waals surface area contributed by atoms with E-state index in [1.165, 1.54) is 0 Å². The van der Waals surface area contributed by atoms with Gasteiger partial charge in [0.15, 0.2) is 5.65 Å². The first-order valence-corrected chi connectivity index (χ1v) is 9.72. The number of imidazole rings is 1. The van der Waals surface area contributed by atoms with Gasteiger partial charge in [0.25, 0.3) is 0 Å². The number of rotatable bonds is 7. The van der Waals surface area contributed by atoms with Crippen LogP contribution < -0.4 is 36.7 Å². The van der Waals surface area contributed by atoms with Crippen LogP contribution in [0.3, 0.4) is 0 Å². The molecule has 0 bridgehead atoms. The predicted octanol–water partition coefficient (Wildman–Crippen LogP) is -1.40. The minimum atomic E-state index is 0. The number of hydrogen-bond acceptors (Lipinski definition) is 4. The van der Waals surface area contributed by atoms with Crippen LogP contribution in [0.25, 0.3) is 16.9 Å². The van der Waals surface area contributed by atoms with E-state index in [9.17, 15) is 4.79 Å². The first kappa shape index (κ1) is 31.9. The number of nitrogens with zero attached hydrogens (tertiary/aromatic N) is 3. The molecule has 10 heteroatoms. The molecule has 0 aliphatic heterocycles. The van der Waals surface area contributed by atoms with Crippen molar-refractivity contribution < 1.29 is 50.7 Å². The summed E-state index contributed by atoms with van der Waals surface area (Å²) in [5, 5.41) is 0.664. The van der Waals surface area contributed by atoms with Gasteiger partial charge >= 0.3 is 21.1 Å². The molecule has 0 atom stereocenters. The number of aromatic nitrogens is 2. The van der Waals surface area contributed by atoms with E-state index in [0.29, 0.717) is 16.4 Å². The second-order valence-electron chi connectivity index (χ2n) is 6.63. The summed E-state index contributed by atoms with van der Waals surface area (Å²) in [4.78, 5) is 19.7. The smallest absolute Gasteiger partial charge is 1.00 e. The van der Waals surface area contributed by atoms with Crippen molar-refractivity contribution in [3.8, 4) is 11.3 Å². The summed E-state index contributed by atoms with van der Waals surface area (Å²) in [6.45, 7) is 5.71. The molecule has 174 valence electrons. The molecule has 3 rings (SSSR count). The van der Waals surface area contributed by atoms with Crippen LogP contribution in [0.15, 0.2) is 42.6 Å². The molecule has 2 heterocycles. The van der Waals surface area contributed by atoms with Crippen LogP contribution in [-0.4, -0.2) is 33.3 Å². The second-order valence-corrected chi connectivity index (χ2v) is 7.07. The van der Waals surface area contributed by atoms with Gasteiger partial charge in [-0.15, -0.1) is 0 Å². The maximum absolute atomic E-state index is 13.0. The van der Waals surface area contributed by atoms with Crippen LogP contribution >= 0.6 is 11.6 Å². The first-order chi connectivity index (χ1) is 13.0. The Morgan fingerprint density at radius 1 is 1.10 bits per heavy atom. The van der Waals surface area contributed by atoms with Crippen LogP contribution in [0.1, 0.15) is 32.4 Å². The van der Waals surface area contributed by atoms with Gasteiger partial charge in [0.05, 0.1) is 23.5 Å². The second kappa shape index (κ2) is 14.7. The molecular formula is C21H28Cl3N5OPt. The van der Waals surface area contributed by atoms with E-state index >= 15 is 0 Å². The topological polar surface area (TPSA) is 98.6 Å². The number of carbonyl (C=O) groups excluding carboxylic acids is 1. The van der Waals surface area contributed by atoms with E-state index in [0.717, 1.165) is 42.9 Å². The number of nitrogen functional groups attached to an aromatic ring is 1. The van der Waals surface area contributed by atoms with Gasteiger partial charge in [0.2, 0.25) is 5.91 Å². The summed E-state index contributed by atoms with van der Waals surface area (Å²) >= 11 is 6.03. The molecule has 0 radical (unpaired) electrons. The number of fused-ring (bicyclic) bond motifs is 1. The van der Waals surface area contributed by atoms with Crippen molar-refractivity contribution >= 4 is 28.8 Å². The molecule has 0 aliphatic carbocycles. The molecule has 3 aromatic rings. The van der Waals surface area contributed by atoms with E-state index in [1.807, 2.05) is 51.9 Å². The van der Waals surface area contributed by atoms with Gasteiger partial charge in [0.1, 0.15) is 0 Å². The number of carbonyl (C=O) groups is 1. The van der Waals surface area contributed by atoms with Crippen LogP contribution in [0.2, 0.25) is 5.02 Å². The molecule has 0 spiro atoms. The summed E-state index contributed by atoms with van der Waals surface area (Å²) in [7, 11) is 0. The number of pyridine rings is 1. The SMILES string of the molecule is CCCN(CCC)C(=O)Cc1c(-c2ccc(Cl)cc2)nc2c(N)cccn12.N.[Cl-].[Cl-].[Pt+2]. The zero-order valence-electron chi connectivity index (χ0n) is 17.6. The molecule has 1 aromatic carbocycles. The van der Waals surface area contributed by atoms with Gasteiger partial charge in [-0.1, -0.05) is 37.6 Å². The third-order valence-corrected chi connectivity index (χ3v) is 4.81. The molecule has 0 saturated carbocycles. The van der Waals surface area contributed by atoms with Crippen LogP contribution in [0.4, 0.5) is 5.69 Å². The quantitative estimate of drug-likeness (QED) is 0.324. The number of anilines is 1. The number of amides is 1. The van der Waals surface area contributed by atoms with Crippen molar-refractivity contribution in [2.45, 2.75) is 33.1 Å². The van der Waals surface area contributed by atoms with Crippen molar-refractivity contribution in [1.82, 2.24) is 20.4 Å². The third-order valence-electron chi connectivity index (χ3n) is 4.56. The van der Waals surface area contributed by atoms with E-state index < -0.39 is 0 Å². The van der Waals surface area contributed by atoms with Crippen molar-refractivity contribution in [2.75, 3.05) is 18.8 Å². The van der Waals surface area contributed by atoms with E-state index in [2.05, 4.69) is 13.8 Å². The first-order valence-electron chi connectivity index (χ1n) is 9.34. The average molecular weight is 668 g/mol. The number of benzene rings is 1. The Labute approximate surface area is 215 Å². The number of nitrogens with two attached hydrogens (primary N) is 1. The largest absolute Gasteiger partial charge is 2.00 e. The summed E-state index contributed by atoms with van der Waals surface area (Å²) in [5.74, 6) is 0.109. The normalized spacial score (nSPS) is 9.65. The predicted molar refractivity (Wildman–Crippen MR) is 116 cm³/mol. The van der Waals surface area contributed by atoms with Gasteiger partial charge in [-0.25, -0.2) is 4.98 Å². The van der Waals surface area contributed by atoms with Crippen LogP contribution in [0, 0.1) is 0 Å². The van der Waals surface area contributed by atoms with Crippen molar-refractivity contribution in [3.05, 3.63) is 53.3 Å². The molecule has 0 aliphatic rings. The molecular weight excluding hydrogens is 640 g/mol. The average Bonchev–Trinajstić information content (AvgIpc) is 3.02. The zero-order chi connectivity index (χ0) is 19.4. The fraction of sp³-hybridized carbons (Fsp3) is 0.333. The molecule has 2 aromatic heterocycles. The maximum Gasteiger partial charge on any atom is 2.00 e. The van der Waals surface area contributed by atoms with Crippen molar-refractivity contribution in [2.24, 2.45) is 0 Å². The fourth-order valence-corrected chi connectivity index (χ4v) is 3.43. The Bertz CT molecular complexity index is 944. The fourth-order valence-electron chi connectivity index (χ4n) is 3.30. The van der Waals surface area contributed by atoms with Crippen molar-refractivity contribution in [3.63, 3.8) is 0 Å². The molecule has 31 heavy (non-hydrogen) atoms. The van der Waals surface area contributed by atoms with E-state index in [-0.39, 0.29) is 64.4 Å². The van der Waals surface area contributed by atoms with Crippen molar-refractivity contribution in [1.29, 1.82) is 0 Å². The summed E-state index contributed by atoms with van der Waals surface area (Å²) in [5.41, 5.74) is 9.92. The number of halogens is 3. The van der Waals surface area contributed by atoms with Gasteiger partial charge in [-0.3, -0.25) is 4.79 Å². The standard InChI is InChI=1S/C21H25ClN4O.2ClH.H3N.Pt/c1-3-11-25(12-4-2)19(27)14-18-20(15-7-9-16(22)10-8-15)24-21-17(23)6-5-13-26(18)21;;;;/h5-10,13H,3-4,11-12,14,23H2,1-2H3;2*1H;1H3;/q;;;;+2/p-2. The van der Waals surface area contributed by atoms with E-state index in [4.69, 9.17) is 22.3 Å². The third kappa shape index (κ3) is 7.37. The van der Waals surface area contributed by atoms with Gasteiger partial charge < -0.3 is 46.0 Å². The zero-order valence-corrected chi connectivity index (χ0v) is 22.1. The van der Waals surface area contributed by atoms with Gasteiger partial charge in [-0.05, 0) is 37.1 Å². The Morgan fingerprint density at radius 2 is 1.68 bits per heavy atom. The summed E-state index contributed by atoms with van der Waals surface area (Å²) < 4.78 is 1.92. The molecule has 0 unspecified atom stereocenters. The molecule has 1 amide bonds. The summed E-state index contributed by atoms with van der Waals surface area (Å²) in [6, 6.07) is 11.2. The Kier molecular flexibility index (Phi) is 15.1. The molecule has 5 N–H and O–H groups in total. The van der Waals surface area contributed by atoms with Gasteiger partial charge in [0, 0.05) is 29.9 Å². The molecule has 6 nitrogen and oxygen atoms in total. The van der Waals surface area contributed by atoms with Crippen LogP contribution in [0.5, 0.6) is 0 Å². The summed E-state index contributed by atoms with van der Waals surface area (Å²) in [6.07, 6.45) is 4.07. The minimum Gasteiger partial charge on any atom is -1.00 e. The Hall–Kier alpha value is -1.30. The molecule has 0 saturated heterocycles. The molecule has 0 fully saturated rings. The Morgan fingerprint density at radius 3 is 2.23 bits per heavy atom. The maximum atomic E-state index is 13.0. The van der Waals surface area contributed by atoms with Crippen LogP contribution in [-0.2, 0) is 32.3 Å². The minimum absolute atomic E-state index is 0.